The number of thiol groups is 1. The molecule has 291 valence electrons. The molecule has 7 nitrogen and oxygen atoms in total. The molecule has 0 bridgehead atoms. The molecule has 0 spiro atoms. The predicted molar refractivity (Wildman–Crippen MR) is 230 cm³/mol. The number of halogens is 4. The molecular weight excluding hydrogens is 794 g/mol. The number of alkyl halides is 1. The fourth-order valence-electron chi connectivity index (χ4n) is 7.32. The van der Waals surface area contributed by atoms with Crippen molar-refractivity contribution in [1.29, 1.82) is 0 Å². The predicted octanol–water partition coefficient (Wildman–Crippen LogP) is 10.9. The minimum atomic E-state index is -1.00. The van der Waals surface area contributed by atoms with Crippen molar-refractivity contribution in [1.82, 2.24) is 29.7 Å². The van der Waals surface area contributed by atoms with Crippen molar-refractivity contribution in [3.05, 3.63) is 131 Å². The maximum atomic E-state index is 13.4. The summed E-state index contributed by atoms with van der Waals surface area (Å²) in [6, 6.07) is 23.7. The number of nitrogens with zero attached hydrogens (tertiary/aromatic N) is 5. The van der Waals surface area contributed by atoms with Crippen molar-refractivity contribution >= 4 is 36.4 Å². The van der Waals surface area contributed by atoms with Gasteiger partial charge in [-0.3, -0.25) is 14.4 Å². The Kier molecular flexibility index (Phi) is 15.7. The normalized spacial score (nSPS) is 15.3. The van der Waals surface area contributed by atoms with Gasteiger partial charge in [0.15, 0.2) is 0 Å². The van der Waals surface area contributed by atoms with Crippen LogP contribution in [0.25, 0.3) is 44.8 Å². The first-order valence-electron chi connectivity index (χ1n) is 19.1. The molecule has 0 amide bonds. The van der Waals surface area contributed by atoms with Crippen LogP contribution in [0.15, 0.2) is 112 Å². The van der Waals surface area contributed by atoms with Crippen LogP contribution in [0, 0.1) is 11.6 Å². The Morgan fingerprint density at radius 2 is 1.14 bits per heavy atom. The summed E-state index contributed by atoms with van der Waals surface area (Å²) in [4.78, 5) is 20.3. The molecule has 4 aromatic heterocycles. The molecule has 0 aliphatic carbocycles. The van der Waals surface area contributed by atoms with Crippen molar-refractivity contribution in [3.8, 4) is 44.8 Å². The Bertz CT molecular complexity index is 2110. The Morgan fingerprint density at radius 1 is 0.714 bits per heavy atom. The van der Waals surface area contributed by atoms with Gasteiger partial charge in [-0.25, -0.2) is 8.78 Å². The van der Waals surface area contributed by atoms with Crippen molar-refractivity contribution in [2.24, 2.45) is 4.30 Å². The number of pyridine rings is 2. The van der Waals surface area contributed by atoms with Crippen molar-refractivity contribution in [2.75, 3.05) is 47.4 Å². The topological polar surface area (TPSA) is 76.2 Å². The number of likely N-dealkylation sites (tertiary alicyclic amines) is 2. The van der Waals surface area contributed by atoms with Gasteiger partial charge in [-0.15, -0.1) is 0 Å². The van der Waals surface area contributed by atoms with E-state index < -0.39 is 7.15 Å². The summed E-state index contributed by atoms with van der Waals surface area (Å²) in [5.41, 5.74) is 11.1. The molecule has 2 aliphatic heterocycles. The monoisotopic (exact) mass is 841 g/mol. The zero-order valence-corrected chi connectivity index (χ0v) is 34.1. The Morgan fingerprint density at radius 3 is 1.62 bits per heavy atom. The van der Waals surface area contributed by atoms with E-state index >= 15 is 0 Å². The number of H-pyrrole nitrogens is 2. The molecule has 2 saturated heterocycles. The first-order valence-corrected chi connectivity index (χ1v) is 19.6. The van der Waals surface area contributed by atoms with E-state index in [9.17, 15) is 13.2 Å². The molecule has 56 heavy (non-hydrogen) atoms. The van der Waals surface area contributed by atoms with Gasteiger partial charge in [-0.2, -0.15) is 0 Å². The Balaban J connectivity index is 0.000000192. The number of nitrogens with one attached hydrogen (secondary N) is 2. The van der Waals surface area contributed by atoms with Crippen LogP contribution in [-0.4, -0.2) is 84.8 Å². The van der Waals surface area contributed by atoms with Gasteiger partial charge in [-0.1, -0.05) is 0 Å². The van der Waals surface area contributed by atoms with Gasteiger partial charge in [0.05, 0.1) is 19.9 Å². The van der Waals surface area contributed by atoms with Gasteiger partial charge in [0.2, 0.25) is 0 Å². The first kappa shape index (κ1) is 41.3. The molecule has 0 atom stereocenters. The summed E-state index contributed by atoms with van der Waals surface area (Å²) in [6.07, 6.45) is 11.8. The van der Waals surface area contributed by atoms with Gasteiger partial charge in [0, 0.05) is 63.6 Å². The summed E-state index contributed by atoms with van der Waals surface area (Å²) in [5.74, 6) is 0.609. The van der Waals surface area contributed by atoms with Gasteiger partial charge < -0.3 is 19.8 Å². The van der Waals surface area contributed by atoms with Crippen LogP contribution in [0.5, 0.6) is 0 Å². The number of aromatic amines is 2. The molecule has 8 rings (SSSR count). The van der Waals surface area contributed by atoms with Crippen LogP contribution < -0.4 is 0 Å². The van der Waals surface area contributed by atoms with E-state index in [1.807, 2.05) is 60.9 Å². The number of aromatic nitrogens is 4. The second kappa shape index (κ2) is 21.3. The number of hydrogen-bond donors (Lipinski definition) is 3. The Labute approximate surface area is 344 Å². The van der Waals surface area contributed by atoms with E-state index in [1.165, 1.54) is 35.7 Å². The molecule has 0 unspecified atom stereocenters. The molecular formula is C43H47BBrF3N7S. The average Bonchev–Trinajstić information content (AvgIpc) is 3.83. The van der Waals surface area contributed by atoms with Crippen molar-refractivity contribution in [2.45, 2.75) is 37.5 Å². The van der Waals surface area contributed by atoms with E-state index in [2.05, 4.69) is 90.6 Å². The molecule has 0 saturated carbocycles. The molecule has 13 heteroatoms. The third kappa shape index (κ3) is 11.0. The second-order valence-corrected chi connectivity index (χ2v) is 14.9. The van der Waals surface area contributed by atoms with Crippen molar-refractivity contribution in [3.63, 3.8) is 0 Å². The number of benzene rings is 2. The summed E-state index contributed by atoms with van der Waals surface area (Å²) in [5, 5.41) is 0. The summed E-state index contributed by atoms with van der Waals surface area (Å²) >= 11 is 7.05. The molecule has 6 heterocycles. The standard InChI is InChI=1S/C21H21BrFN3.C21H22FN3.CH3F.BHNS/c1-26-12-8-16(9-13-26)21-19(22)18(14-6-10-24-11-7-14)20(25-21)15-2-4-17(23)5-3-15;1-25-12-8-16(9-13-25)20-14-19(15-6-10-23-11-7-15)21(24-20)17-2-4-18(22)5-3-17;1-2;1-2-3/h2-7,10-11,16,25H,8-9,12-13H2,1H3;2-7,10-11,14,16,24H,8-9,12-13H2,1H3;1H3;3H/i;;1D;. The SMILES string of the molecule is CN1CCC(c2[nH]c(-c3ccc(F)cc3)c(-c3ccncc3)c2Br)CC1.CN1CCC(c2cc(-c3ccncc3)c(-c3ccc(F)cc3)[nH]2)CC1.[2H]CF.[B]=NS. The number of rotatable bonds is 6. The zero-order valence-electron chi connectivity index (χ0n) is 32.6. The van der Waals surface area contributed by atoms with Crippen LogP contribution in [0.1, 0.15) is 50.3 Å². The van der Waals surface area contributed by atoms with Gasteiger partial charge in [-0.05, 0) is 183 Å². The van der Waals surface area contributed by atoms with E-state index in [0.717, 1.165) is 101 Å². The fraction of sp³-hybridized carbons (Fsp3) is 0.302. The number of piperidine rings is 2. The Hall–Kier alpha value is -4.30. The van der Waals surface area contributed by atoms with Crippen LogP contribution in [0.3, 0.4) is 0 Å². The minimum absolute atomic E-state index is 0.212. The summed E-state index contributed by atoms with van der Waals surface area (Å²) in [6.45, 7) is 4.46. The molecule has 2 N–H and O–H groups in total. The van der Waals surface area contributed by atoms with E-state index in [0.29, 0.717) is 11.8 Å². The van der Waals surface area contributed by atoms with Crippen molar-refractivity contribution < 1.29 is 14.5 Å². The van der Waals surface area contributed by atoms with Gasteiger partial charge in [0.25, 0.3) is 0 Å². The van der Waals surface area contributed by atoms with Gasteiger partial charge in [0.1, 0.15) is 11.6 Å². The van der Waals surface area contributed by atoms with Crippen LogP contribution in [0.4, 0.5) is 13.2 Å². The van der Waals surface area contributed by atoms with E-state index in [-0.39, 0.29) is 11.6 Å². The van der Waals surface area contributed by atoms with E-state index in [4.69, 9.17) is 1.37 Å². The third-order valence-corrected chi connectivity index (χ3v) is 11.1. The van der Waals surface area contributed by atoms with Gasteiger partial charge >= 0.3 is 24.8 Å². The van der Waals surface area contributed by atoms with Crippen LogP contribution >= 0.6 is 28.7 Å². The number of hydrogen-bond acceptors (Lipinski definition) is 6. The maximum absolute atomic E-state index is 13.4. The fourth-order valence-corrected chi connectivity index (χ4v) is 8.17. The molecule has 2 fully saturated rings. The van der Waals surface area contributed by atoms with Crippen LogP contribution in [0.2, 0.25) is 0 Å². The summed E-state index contributed by atoms with van der Waals surface area (Å²) < 4.78 is 46.0. The van der Waals surface area contributed by atoms with E-state index in [1.54, 1.807) is 12.4 Å². The molecule has 6 aromatic rings. The summed E-state index contributed by atoms with van der Waals surface area (Å²) in [7, 11) is 7.69. The zero-order chi connectivity index (χ0) is 40.7. The van der Waals surface area contributed by atoms with Crippen LogP contribution in [-0.2, 0) is 0 Å². The quantitative estimate of drug-likeness (QED) is 0.115. The molecule has 2 aromatic carbocycles. The second-order valence-electron chi connectivity index (χ2n) is 13.9. The molecule has 2 aliphatic rings. The average molecular weight is 843 g/mol. The third-order valence-electron chi connectivity index (χ3n) is 10.3. The molecule has 1 radical (unpaired) electrons. The first-order chi connectivity index (χ1) is 27.7.